The van der Waals surface area contributed by atoms with Crippen molar-refractivity contribution in [1.82, 2.24) is 0 Å². The van der Waals surface area contributed by atoms with Gasteiger partial charge >= 0.3 is 12.1 Å². The SMILES string of the molecule is CCOC(=O)/C=C/c1cc(NC(=O)OC(C)(C)C)ccc1C. The molecule has 0 fully saturated rings. The van der Waals surface area contributed by atoms with Gasteiger partial charge in [0.1, 0.15) is 5.60 Å². The highest BCUT2D eigenvalue weighted by Crippen LogP contribution is 2.18. The summed E-state index contributed by atoms with van der Waals surface area (Å²) in [6, 6.07) is 5.41. The Morgan fingerprint density at radius 3 is 2.55 bits per heavy atom. The standard InChI is InChI=1S/C17H23NO4/c1-6-21-15(19)10-8-13-11-14(9-7-12(13)2)18-16(20)22-17(3,4)5/h7-11H,6H2,1-5H3,(H,18,20)/b10-8+. The molecule has 1 amide bonds. The minimum absolute atomic E-state index is 0.336. The third kappa shape index (κ3) is 6.43. The van der Waals surface area contributed by atoms with Crippen LogP contribution in [0.3, 0.4) is 0 Å². The Hall–Kier alpha value is -2.30. The number of benzene rings is 1. The Morgan fingerprint density at radius 2 is 1.95 bits per heavy atom. The summed E-state index contributed by atoms with van der Waals surface area (Å²) in [6.45, 7) is 9.41. The van der Waals surface area contributed by atoms with E-state index in [0.29, 0.717) is 12.3 Å². The number of nitrogens with one attached hydrogen (secondary N) is 1. The van der Waals surface area contributed by atoms with E-state index in [2.05, 4.69) is 5.32 Å². The molecule has 0 atom stereocenters. The molecule has 1 rings (SSSR count). The highest BCUT2D eigenvalue weighted by molar-refractivity contribution is 5.89. The lowest BCUT2D eigenvalue weighted by Gasteiger charge is -2.19. The summed E-state index contributed by atoms with van der Waals surface area (Å²) >= 11 is 0. The maximum Gasteiger partial charge on any atom is 0.412 e. The monoisotopic (exact) mass is 305 g/mol. The van der Waals surface area contributed by atoms with E-state index in [0.717, 1.165) is 11.1 Å². The minimum atomic E-state index is -0.554. The summed E-state index contributed by atoms with van der Waals surface area (Å²) in [5.74, 6) is -0.396. The maximum absolute atomic E-state index is 11.8. The Labute approximate surface area is 131 Å². The Kier molecular flexibility index (Phi) is 6.16. The second-order valence-corrected chi connectivity index (χ2v) is 5.78. The van der Waals surface area contributed by atoms with Crippen molar-refractivity contribution >= 4 is 23.8 Å². The van der Waals surface area contributed by atoms with E-state index < -0.39 is 17.7 Å². The van der Waals surface area contributed by atoms with Gasteiger partial charge in [0, 0.05) is 11.8 Å². The number of hydrogen-bond acceptors (Lipinski definition) is 4. The van der Waals surface area contributed by atoms with Crippen LogP contribution in [0.2, 0.25) is 0 Å². The molecule has 1 aromatic rings. The molecule has 0 heterocycles. The summed E-state index contributed by atoms with van der Waals surface area (Å²) in [6.07, 6.45) is 2.51. The predicted octanol–water partition coefficient (Wildman–Crippen LogP) is 3.92. The summed E-state index contributed by atoms with van der Waals surface area (Å²) in [7, 11) is 0. The molecule has 22 heavy (non-hydrogen) atoms. The van der Waals surface area contributed by atoms with Crippen molar-refractivity contribution in [2.24, 2.45) is 0 Å². The second-order valence-electron chi connectivity index (χ2n) is 5.78. The van der Waals surface area contributed by atoms with Gasteiger partial charge in [0.25, 0.3) is 0 Å². The molecule has 0 aromatic heterocycles. The lowest BCUT2D eigenvalue weighted by atomic mass is 10.1. The molecule has 0 saturated heterocycles. The van der Waals surface area contributed by atoms with Crippen molar-refractivity contribution in [2.75, 3.05) is 11.9 Å². The second kappa shape index (κ2) is 7.64. The number of carbonyl (C=O) groups excluding carboxylic acids is 2. The van der Waals surface area contributed by atoms with Gasteiger partial charge < -0.3 is 9.47 Å². The van der Waals surface area contributed by atoms with E-state index in [1.54, 1.807) is 45.9 Å². The molecule has 0 aliphatic carbocycles. The first-order valence-electron chi connectivity index (χ1n) is 7.17. The van der Waals surface area contributed by atoms with Crippen LogP contribution >= 0.6 is 0 Å². The molecule has 0 spiro atoms. The van der Waals surface area contributed by atoms with E-state index >= 15 is 0 Å². The van der Waals surface area contributed by atoms with Gasteiger partial charge in [-0.2, -0.15) is 0 Å². The first kappa shape index (κ1) is 17.8. The number of hydrogen-bond donors (Lipinski definition) is 1. The average Bonchev–Trinajstić information content (AvgIpc) is 2.37. The molecule has 0 bridgehead atoms. The zero-order valence-corrected chi connectivity index (χ0v) is 13.7. The molecule has 120 valence electrons. The van der Waals surface area contributed by atoms with Crippen LogP contribution in [0, 0.1) is 6.92 Å². The average molecular weight is 305 g/mol. The molecule has 0 unspecified atom stereocenters. The first-order chi connectivity index (χ1) is 10.2. The first-order valence-corrected chi connectivity index (χ1v) is 7.17. The van der Waals surface area contributed by atoms with Crippen LogP contribution in [0.5, 0.6) is 0 Å². The van der Waals surface area contributed by atoms with Crippen LogP contribution in [-0.2, 0) is 14.3 Å². The highest BCUT2D eigenvalue weighted by Gasteiger charge is 2.16. The molecule has 5 nitrogen and oxygen atoms in total. The van der Waals surface area contributed by atoms with Gasteiger partial charge in [0.2, 0.25) is 0 Å². The Bertz CT molecular complexity index is 571. The third-order valence-corrected chi connectivity index (χ3v) is 2.61. The molecule has 0 radical (unpaired) electrons. The number of esters is 1. The molecular formula is C17H23NO4. The zero-order chi connectivity index (χ0) is 16.8. The van der Waals surface area contributed by atoms with Crippen molar-refractivity contribution in [3.05, 3.63) is 35.4 Å². The van der Waals surface area contributed by atoms with Gasteiger partial charge in [-0.1, -0.05) is 6.07 Å². The van der Waals surface area contributed by atoms with E-state index in [-0.39, 0.29) is 0 Å². The zero-order valence-electron chi connectivity index (χ0n) is 13.7. The maximum atomic E-state index is 11.8. The number of ether oxygens (including phenoxy) is 2. The fraction of sp³-hybridized carbons (Fsp3) is 0.412. The molecule has 1 N–H and O–H groups in total. The van der Waals surface area contributed by atoms with E-state index in [1.165, 1.54) is 6.08 Å². The number of carbonyl (C=O) groups is 2. The topological polar surface area (TPSA) is 64.6 Å². The summed E-state index contributed by atoms with van der Waals surface area (Å²) in [5, 5.41) is 2.67. The van der Waals surface area contributed by atoms with Gasteiger partial charge in [-0.25, -0.2) is 9.59 Å². The Balaban J connectivity index is 2.81. The molecule has 1 aromatic carbocycles. The van der Waals surface area contributed by atoms with Crippen molar-refractivity contribution in [1.29, 1.82) is 0 Å². The van der Waals surface area contributed by atoms with Crippen LogP contribution in [0.4, 0.5) is 10.5 Å². The fourth-order valence-electron chi connectivity index (χ4n) is 1.67. The van der Waals surface area contributed by atoms with Crippen molar-refractivity contribution in [3.63, 3.8) is 0 Å². The smallest absolute Gasteiger partial charge is 0.412 e. The number of aryl methyl sites for hydroxylation is 1. The number of anilines is 1. The Morgan fingerprint density at radius 1 is 1.27 bits per heavy atom. The third-order valence-electron chi connectivity index (χ3n) is 2.61. The highest BCUT2D eigenvalue weighted by atomic mass is 16.6. The molecular weight excluding hydrogens is 282 g/mol. The van der Waals surface area contributed by atoms with Crippen LogP contribution in [0.25, 0.3) is 6.08 Å². The normalized spacial score (nSPS) is 11.3. The summed E-state index contributed by atoms with van der Waals surface area (Å²) < 4.78 is 10.0. The van der Waals surface area contributed by atoms with Gasteiger partial charge in [-0.05, 0) is 64.0 Å². The molecule has 0 aliphatic heterocycles. The molecule has 0 aliphatic rings. The van der Waals surface area contributed by atoms with Gasteiger partial charge in [-0.15, -0.1) is 0 Å². The van der Waals surface area contributed by atoms with Gasteiger partial charge in [0.05, 0.1) is 6.61 Å². The molecule has 0 saturated carbocycles. The lowest BCUT2D eigenvalue weighted by molar-refractivity contribution is -0.137. The van der Waals surface area contributed by atoms with E-state index in [4.69, 9.17) is 9.47 Å². The van der Waals surface area contributed by atoms with Crippen LogP contribution < -0.4 is 5.32 Å². The van der Waals surface area contributed by atoms with Crippen molar-refractivity contribution < 1.29 is 19.1 Å². The lowest BCUT2D eigenvalue weighted by Crippen LogP contribution is -2.27. The van der Waals surface area contributed by atoms with Crippen molar-refractivity contribution in [2.45, 2.75) is 40.2 Å². The largest absolute Gasteiger partial charge is 0.463 e. The predicted molar refractivity (Wildman–Crippen MR) is 86.7 cm³/mol. The molecule has 5 heteroatoms. The van der Waals surface area contributed by atoms with Crippen molar-refractivity contribution in [3.8, 4) is 0 Å². The minimum Gasteiger partial charge on any atom is -0.463 e. The summed E-state index contributed by atoms with van der Waals surface area (Å²) in [4.78, 5) is 23.1. The van der Waals surface area contributed by atoms with Gasteiger partial charge in [0.15, 0.2) is 0 Å². The van der Waals surface area contributed by atoms with Gasteiger partial charge in [-0.3, -0.25) is 5.32 Å². The number of amides is 1. The van der Waals surface area contributed by atoms with E-state index in [9.17, 15) is 9.59 Å². The summed E-state index contributed by atoms with van der Waals surface area (Å²) in [5.41, 5.74) is 1.85. The van der Waals surface area contributed by atoms with Crippen LogP contribution in [-0.4, -0.2) is 24.3 Å². The fourth-order valence-corrected chi connectivity index (χ4v) is 1.67. The van der Waals surface area contributed by atoms with Crippen LogP contribution in [0.1, 0.15) is 38.8 Å². The number of rotatable bonds is 4. The quantitative estimate of drug-likeness (QED) is 0.676. The van der Waals surface area contributed by atoms with Crippen LogP contribution in [0.15, 0.2) is 24.3 Å². The van der Waals surface area contributed by atoms with E-state index in [1.807, 2.05) is 13.0 Å².